The van der Waals surface area contributed by atoms with E-state index in [4.69, 9.17) is 9.47 Å². The second-order valence-electron chi connectivity index (χ2n) is 6.49. The summed E-state index contributed by atoms with van der Waals surface area (Å²) in [5, 5.41) is 5.51. The average molecular weight is 499 g/mol. The maximum absolute atomic E-state index is 11.5. The van der Waals surface area contributed by atoms with Gasteiger partial charge in [0.1, 0.15) is 20.9 Å². The summed E-state index contributed by atoms with van der Waals surface area (Å²) in [6.07, 6.45) is 1.71. The number of aromatic nitrogens is 3. The van der Waals surface area contributed by atoms with Crippen LogP contribution in [0.4, 0.5) is 0 Å². The van der Waals surface area contributed by atoms with E-state index in [9.17, 15) is 4.79 Å². The van der Waals surface area contributed by atoms with Crippen molar-refractivity contribution in [2.75, 3.05) is 7.11 Å². The van der Waals surface area contributed by atoms with Crippen LogP contribution in [0.2, 0.25) is 0 Å². The Morgan fingerprint density at radius 2 is 1.72 bits per heavy atom. The van der Waals surface area contributed by atoms with Gasteiger partial charge in [-0.15, -0.1) is 0 Å². The van der Waals surface area contributed by atoms with Crippen LogP contribution in [0.5, 0.6) is 17.2 Å². The van der Waals surface area contributed by atoms with Crippen molar-refractivity contribution in [1.82, 2.24) is 14.8 Å². The molecule has 0 saturated heterocycles. The summed E-state index contributed by atoms with van der Waals surface area (Å²) < 4.78 is 14.0. The summed E-state index contributed by atoms with van der Waals surface area (Å²) in [5.74, 6) is 2.17. The molecule has 0 bridgehead atoms. The zero-order valence-corrected chi connectivity index (χ0v) is 18.1. The molecule has 0 aliphatic carbocycles. The Kier molecular flexibility index (Phi) is 5.48. The smallest absolute Gasteiger partial charge is 0.163 e. The van der Waals surface area contributed by atoms with E-state index in [1.54, 1.807) is 44.5 Å². The molecule has 2 aromatic carbocycles. The van der Waals surface area contributed by atoms with E-state index in [2.05, 4.69) is 32.7 Å². The molecule has 2 heterocycles. The third kappa shape index (κ3) is 4.09. The first-order valence-electron chi connectivity index (χ1n) is 8.98. The lowest BCUT2D eigenvalue weighted by Gasteiger charge is -2.08. The minimum absolute atomic E-state index is 0.0252. The minimum atomic E-state index is 0.0252. The van der Waals surface area contributed by atoms with Crippen molar-refractivity contribution in [3.63, 3.8) is 0 Å². The Hall–Kier alpha value is -2.94. The highest BCUT2D eigenvalue weighted by molar-refractivity contribution is 14.1. The normalized spacial score (nSPS) is 10.9. The number of fused-ring (bicyclic) bond motifs is 1. The number of nitrogens with zero attached hydrogens (tertiary/aromatic N) is 3. The van der Waals surface area contributed by atoms with Crippen molar-refractivity contribution in [3.05, 3.63) is 75.6 Å². The van der Waals surface area contributed by atoms with Crippen LogP contribution in [-0.4, -0.2) is 27.7 Å². The Morgan fingerprint density at radius 3 is 2.38 bits per heavy atom. The first-order chi connectivity index (χ1) is 14.0. The Labute approximate surface area is 181 Å². The van der Waals surface area contributed by atoms with Crippen LogP contribution in [0.3, 0.4) is 0 Å². The van der Waals surface area contributed by atoms with Crippen LogP contribution < -0.4 is 9.47 Å². The van der Waals surface area contributed by atoms with Crippen LogP contribution in [0, 0.1) is 3.70 Å². The van der Waals surface area contributed by atoms with Crippen LogP contribution in [-0.2, 0) is 6.54 Å². The molecule has 146 valence electrons. The van der Waals surface area contributed by atoms with Gasteiger partial charge in [-0.25, -0.2) is 9.67 Å². The zero-order chi connectivity index (χ0) is 20.4. The molecule has 4 aromatic rings. The number of ether oxygens (including phenoxy) is 2. The van der Waals surface area contributed by atoms with Crippen LogP contribution in [0.25, 0.3) is 11.0 Å². The maximum Gasteiger partial charge on any atom is 0.163 e. The van der Waals surface area contributed by atoms with Gasteiger partial charge in [-0.05, 0) is 71.5 Å². The third-order valence-electron chi connectivity index (χ3n) is 4.53. The van der Waals surface area contributed by atoms with Crippen molar-refractivity contribution in [2.24, 2.45) is 0 Å². The molecule has 0 atom stereocenters. The molecule has 2 aromatic heterocycles. The second-order valence-corrected chi connectivity index (χ2v) is 7.51. The molecule has 0 saturated carbocycles. The van der Waals surface area contributed by atoms with Gasteiger partial charge >= 0.3 is 0 Å². The van der Waals surface area contributed by atoms with Crippen LogP contribution in [0.15, 0.2) is 60.8 Å². The number of carbonyl (C=O) groups is 1. The molecular weight excluding hydrogens is 481 g/mol. The summed E-state index contributed by atoms with van der Waals surface area (Å²) in [6.45, 7) is 2.13. The lowest BCUT2D eigenvalue weighted by atomic mass is 10.1. The van der Waals surface area contributed by atoms with Gasteiger partial charge in [0.15, 0.2) is 11.4 Å². The highest BCUT2D eigenvalue weighted by atomic mass is 127. The number of ketones is 1. The standard InChI is InChI=1S/C22H18IN3O3/c1-14(27)16-5-9-18(10-6-16)29-19-11-12-24-22-20(19)21(23)25-26(22)13-15-3-7-17(28-2)8-4-15/h3-12H,13H2,1-2H3. The number of hydrogen-bond donors (Lipinski definition) is 0. The fourth-order valence-corrected chi connectivity index (χ4v) is 3.78. The predicted octanol–water partition coefficient (Wildman–Crippen LogP) is 5.09. The summed E-state index contributed by atoms with van der Waals surface area (Å²) >= 11 is 2.20. The molecule has 0 N–H and O–H groups in total. The van der Waals surface area contributed by atoms with E-state index < -0.39 is 0 Å². The Bertz CT molecular complexity index is 1170. The monoisotopic (exact) mass is 499 g/mol. The molecule has 6 nitrogen and oxygen atoms in total. The SMILES string of the molecule is COc1ccc(Cn2nc(I)c3c(Oc4ccc(C(C)=O)cc4)ccnc32)cc1. The second kappa shape index (κ2) is 8.20. The number of benzene rings is 2. The van der Waals surface area contributed by atoms with E-state index in [-0.39, 0.29) is 5.78 Å². The van der Waals surface area contributed by atoms with E-state index >= 15 is 0 Å². The Morgan fingerprint density at radius 1 is 1.03 bits per heavy atom. The largest absolute Gasteiger partial charge is 0.497 e. The predicted molar refractivity (Wildman–Crippen MR) is 119 cm³/mol. The summed E-state index contributed by atoms with van der Waals surface area (Å²) in [4.78, 5) is 16.0. The molecule has 0 amide bonds. The highest BCUT2D eigenvalue weighted by Gasteiger charge is 2.16. The number of methoxy groups -OCH3 is 1. The fourth-order valence-electron chi connectivity index (χ4n) is 3.01. The van der Waals surface area contributed by atoms with Gasteiger partial charge in [-0.1, -0.05) is 12.1 Å². The van der Waals surface area contributed by atoms with Crippen LogP contribution in [0.1, 0.15) is 22.8 Å². The fraction of sp³-hybridized carbons (Fsp3) is 0.136. The molecule has 0 unspecified atom stereocenters. The number of Topliss-reactive ketones (excluding diaryl/α,β-unsaturated/α-hetero) is 1. The highest BCUT2D eigenvalue weighted by Crippen LogP contribution is 2.32. The molecule has 0 aliphatic heterocycles. The van der Waals surface area contributed by atoms with E-state index in [1.165, 1.54) is 0 Å². The third-order valence-corrected chi connectivity index (χ3v) is 5.29. The van der Waals surface area contributed by atoms with Gasteiger partial charge in [0.2, 0.25) is 0 Å². The quantitative estimate of drug-likeness (QED) is 0.273. The number of carbonyl (C=O) groups excluding carboxylic acids is 1. The molecule has 29 heavy (non-hydrogen) atoms. The van der Waals surface area contributed by atoms with Crippen LogP contribution >= 0.6 is 22.6 Å². The molecule has 7 heteroatoms. The van der Waals surface area contributed by atoms with Gasteiger partial charge in [-0.2, -0.15) is 5.10 Å². The van der Waals surface area contributed by atoms with Crippen molar-refractivity contribution >= 4 is 39.4 Å². The first kappa shape index (κ1) is 19.4. The van der Waals surface area contributed by atoms with E-state index in [0.29, 0.717) is 23.6 Å². The van der Waals surface area contributed by atoms with Crippen molar-refractivity contribution in [1.29, 1.82) is 0 Å². The van der Waals surface area contributed by atoms with Gasteiger partial charge in [0.25, 0.3) is 0 Å². The van der Waals surface area contributed by atoms with Crippen molar-refractivity contribution < 1.29 is 14.3 Å². The summed E-state index contributed by atoms with van der Waals surface area (Å²) in [6, 6.07) is 16.8. The zero-order valence-electron chi connectivity index (χ0n) is 15.9. The van der Waals surface area contributed by atoms with Gasteiger partial charge in [-0.3, -0.25) is 4.79 Å². The van der Waals surface area contributed by atoms with Gasteiger partial charge in [0, 0.05) is 17.8 Å². The van der Waals surface area contributed by atoms with Gasteiger partial charge in [0.05, 0.1) is 19.0 Å². The average Bonchev–Trinajstić information content (AvgIpc) is 3.05. The Balaban J connectivity index is 1.65. The maximum atomic E-state index is 11.5. The number of rotatable bonds is 6. The van der Waals surface area contributed by atoms with Gasteiger partial charge < -0.3 is 9.47 Å². The summed E-state index contributed by atoms with van der Waals surface area (Å²) in [5.41, 5.74) is 2.50. The van der Waals surface area contributed by atoms with E-state index in [0.717, 1.165) is 26.0 Å². The topological polar surface area (TPSA) is 66.2 Å². The number of halogens is 1. The first-order valence-corrected chi connectivity index (χ1v) is 10.1. The lowest BCUT2D eigenvalue weighted by molar-refractivity contribution is 0.101. The number of hydrogen-bond acceptors (Lipinski definition) is 5. The molecule has 4 rings (SSSR count). The summed E-state index contributed by atoms with van der Waals surface area (Å²) in [7, 11) is 1.65. The lowest BCUT2D eigenvalue weighted by Crippen LogP contribution is -2.02. The molecule has 0 fully saturated rings. The van der Waals surface area contributed by atoms with Crippen molar-refractivity contribution in [3.8, 4) is 17.2 Å². The molecular formula is C22H18IN3O3. The molecule has 0 spiro atoms. The van der Waals surface area contributed by atoms with E-state index in [1.807, 2.05) is 35.0 Å². The minimum Gasteiger partial charge on any atom is -0.497 e. The molecule has 0 radical (unpaired) electrons. The molecule has 0 aliphatic rings. The number of pyridine rings is 1. The van der Waals surface area contributed by atoms with Crippen molar-refractivity contribution in [2.45, 2.75) is 13.5 Å².